The standard InChI is InChI=1S/C18H26N6O2/c25-13-17(26)16-8-15-12-22(6-7-24(15)21-16)11-14-9-19-18(20-10-14)23-4-2-1-3-5-23/h8-10,17,25-26H,1-7,11-13H2. The van der Waals surface area contributed by atoms with Crippen LogP contribution in [0.3, 0.4) is 0 Å². The van der Waals surface area contributed by atoms with Gasteiger partial charge in [0.2, 0.25) is 5.95 Å². The Morgan fingerprint density at radius 2 is 1.81 bits per heavy atom. The van der Waals surface area contributed by atoms with Crippen molar-refractivity contribution >= 4 is 5.95 Å². The summed E-state index contributed by atoms with van der Waals surface area (Å²) in [7, 11) is 0. The predicted molar refractivity (Wildman–Crippen MR) is 96.5 cm³/mol. The molecule has 0 aromatic carbocycles. The zero-order valence-corrected chi connectivity index (χ0v) is 15.0. The minimum Gasteiger partial charge on any atom is -0.393 e. The van der Waals surface area contributed by atoms with Crippen LogP contribution in [0.25, 0.3) is 0 Å². The lowest BCUT2D eigenvalue weighted by Gasteiger charge is -2.28. The summed E-state index contributed by atoms with van der Waals surface area (Å²) in [4.78, 5) is 13.7. The predicted octanol–water partition coefficient (Wildman–Crippen LogP) is 0.705. The minimum absolute atomic E-state index is 0.305. The Balaban J connectivity index is 1.38. The van der Waals surface area contributed by atoms with Crippen molar-refractivity contribution in [3.8, 4) is 0 Å². The number of hydrogen-bond donors (Lipinski definition) is 2. The summed E-state index contributed by atoms with van der Waals surface area (Å²) in [6.45, 7) is 5.02. The van der Waals surface area contributed by atoms with Gasteiger partial charge in [0, 0.05) is 50.7 Å². The van der Waals surface area contributed by atoms with E-state index in [-0.39, 0.29) is 6.61 Å². The van der Waals surface area contributed by atoms with Crippen molar-refractivity contribution in [3.63, 3.8) is 0 Å². The molecule has 0 saturated carbocycles. The van der Waals surface area contributed by atoms with Crippen molar-refractivity contribution in [2.24, 2.45) is 0 Å². The van der Waals surface area contributed by atoms with Gasteiger partial charge >= 0.3 is 0 Å². The fourth-order valence-corrected chi connectivity index (χ4v) is 3.68. The highest BCUT2D eigenvalue weighted by atomic mass is 16.3. The normalized spacial score (nSPS) is 19.4. The summed E-state index contributed by atoms with van der Waals surface area (Å²) in [5, 5.41) is 23.2. The quantitative estimate of drug-likeness (QED) is 0.813. The SMILES string of the molecule is OCC(O)c1cc2n(n1)CCN(Cc1cnc(N3CCCCC3)nc1)C2. The van der Waals surface area contributed by atoms with Gasteiger partial charge in [-0.05, 0) is 25.3 Å². The number of fused-ring (bicyclic) bond motifs is 1. The molecular weight excluding hydrogens is 332 g/mol. The lowest BCUT2D eigenvalue weighted by atomic mass is 10.1. The first-order chi connectivity index (χ1) is 12.7. The molecule has 8 nitrogen and oxygen atoms in total. The minimum atomic E-state index is -0.905. The topological polar surface area (TPSA) is 90.5 Å². The Hall–Kier alpha value is -2.03. The number of nitrogens with zero attached hydrogens (tertiary/aromatic N) is 6. The highest BCUT2D eigenvalue weighted by molar-refractivity contribution is 5.30. The van der Waals surface area contributed by atoms with Crippen LogP contribution in [0.2, 0.25) is 0 Å². The summed E-state index contributed by atoms with van der Waals surface area (Å²) >= 11 is 0. The molecule has 0 bridgehead atoms. The van der Waals surface area contributed by atoms with E-state index in [1.54, 1.807) is 0 Å². The van der Waals surface area contributed by atoms with Crippen LogP contribution in [0.4, 0.5) is 5.95 Å². The summed E-state index contributed by atoms with van der Waals surface area (Å²) in [5.41, 5.74) is 2.71. The van der Waals surface area contributed by atoms with E-state index in [2.05, 4.69) is 24.9 Å². The summed E-state index contributed by atoms with van der Waals surface area (Å²) < 4.78 is 1.92. The van der Waals surface area contributed by atoms with Crippen LogP contribution in [-0.2, 0) is 19.6 Å². The van der Waals surface area contributed by atoms with Crippen LogP contribution in [0.1, 0.15) is 42.3 Å². The monoisotopic (exact) mass is 358 g/mol. The first-order valence-electron chi connectivity index (χ1n) is 9.36. The van der Waals surface area contributed by atoms with Crippen molar-refractivity contribution in [1.29, 1.82) is 0 Å². The Morgan fingerprint density at radius 1 is 1.04 bits per heavy atom. The first-order valence-corrected chi connectivity index (χ1v) is 9.36. The molecule has 1 unspecified atom stereocenters. The van der Waals surface area contributed by atoms with Gasteiger partial charge < -0.3 is 15.1 Å². The zero-order valence-electron chi connectivity index (χ0n) is 15.0. The summed E-state index contributed by atoms with van der Waals surface area (Å²) in [5.74, 6) is 0.841. The molecule has 0 spiro atoms. The van der Waals surface area contributed by atoms with Crippen molar-refractivity contribution in [3.05, 3.63) is 35.4 Å². The number of rotatable bonds is 5. The Bertz CT molecular complexity index is 726. The molecule has 1 fully saturated rings. The van der Waals surface area contributed by atoms with E-state index in [1.165, 1.54) is 19.3 Å². The second-order valence-corrected chi connectivity index (χ2v) is 7.13. The van der Waals surface area contributed by atoms with E-state index in [1.807, 2.05) is 23.1 Å². The van der Waals surface area contributed by atoms with Gasteiger partial charge in [-0.2, -0.15) is 5.10 Å². The average molecular weight is 358 g/mol. The van der Waals surface area contributed by atoms with Gasteiger partial charge in [0.15, 0.2) is 0 Å². The molecule has 1 atom stereocenters. The Kier molecular flexibility index (Phi) is 5.14. The molecule has 2 aliphatic rings. The molecule has 8 heteroatoms. The van der Waals surface area contributed by atoms with Crippen LogP contribution >= 0.6 is 0 Å². The molecule has 2 aromatic heterocycles. The second-order valence-electron chi connectivity index (χ2n) is 7.13. The van der Waals surface area contributed by atoms with Gasteiger partial charge in [0.05, 0.1) is 24.5 Å². The number of piperidine rings is 1. The highest BCUT2D eigenvalue weighted by Crippen LogP contribution is 2.20. The van der Waals surface area contributed by atoms with Crippen LogP contribution in [-0.4, -0.2) is 61.1 Å². The summed E-state index contributed by atoms with van der Waals surface area (Å²) in [6.07, 6.45) is 6.71. The molecule has 4 rings (SSSR count). The fourth-order valence-electron chi connectivity index (χ4n) is 3.68. The first kappa shape index (κ1) is 17.4. The van der Waals surface area contributed by atoms with Gasteiger partial charge in [-0.15, -0.1) is 0 Å². The largest absolute Gasteiger partial charge is 0.393 e. The molecule has 0 radical (unpaired) electrons. The molecule has 140 valence electrons. The number of anilines is 1. The average Bonchev–Trinajstić information content (AvgIpc) is 3.12. The maximum absolute atomic E-state index is 9.75. The van der Waals surface area contributed by atoms with Crippen molar-refractivity contribution in [2.75, 3.05) is 31.1 Å². The van der Waals surface area contributed by atoms with Gasteiger partial charge in [0.25, 0.3) is 0 Å². The molecule has 0 aliphatic carbocycles. The van der Waals surface area contributed by atoms with Gasteiger partial charge in [-0.25, -0.2) is 9.97 Å². The molecule has 4 heterocycles. The maximum atomic E-state index is 9.75. The van der Waals surface area contributed by atoms with Crippen molar-refractivity contribution < 1.29 is 10.2 Å². The lowest BCUT2D eigenvalue weighted by molar-refractivity contribution is 0.0915. The van der Waals surface area contributed by atoms with Crippen LogP contribution in [0.15, 0.2) is 18.5 Å². The van der Waals surface area contributed by atoms with Crippen LogP contribution < -0.4 is 4.90 Å². The van der Waals surface area contributed by atoms with Gasteiger partial charge in [-0.3, -0.25) is 9.58 Å². The number of aliphatic hydroxyl groups is 2. The third kappa shape index (κ3) is 3.72. The number of hydrogen-bond acceptors (Lipinski definition) is 7. The number of aromatic nitrogens is 4. The lowest BCUT2D eigenvalue weighted by Crippen LogP contribution is -2.33. The maximum Gasteiger partial charge on any atom is 0.225 e. The van der Waals surface area contributed by atoms with Crippen LogP contribution in [0.5, 0.6) is 0 Å². The second kappa shape index (κ2) is 7.69. The van der Waals surface area contributed by atoms with E-state index in [9.17, 15) is 5.11 Å². The van der Waals surface area contributed by atoms with E-state index < -0.39 is 6.10 Å². The summed E-state index contributed by atoms with van der Waals surface area (Å²) in [6, 6.07) is 1.88. The van der Waals surface area contributed by atoms with Crippen LogP contribution in [0, 0.1) is 0 Å². The van der Waals surface area contributed by atoms with Gasteiger partial charge in [-0.1, -0.05) is 0 Å². The molecular formula is C18H26N6O2. The van der Waals surface area contributed by atoms with Gasteiger partial charge in [0.1, 0.15) is 6.10 Å². The molecule has 26 heavy (non-hydrogen) atoms. The zero-order chi connectivity index (χ0) is 17.9. The third-order valence-corrected chi connectivity index (χ3v) is 5.15. The van der Waals surface area contributed by atoms with E-state index in [0.29, 0.717) is 5.69 Å². The molecule has 2 aliphatic heterocycles. The van der Waals surface area contributed by atoms with Crippen molar-refractivity contribution in [1.82, 2.24) is 24.6 Å². The Morgan fingerprint density at radius 3 is 2.54 bits per heavy atom. The Labute approximate surface area is 153 Å². The van der Waals surface area contributed by atoms with E-state index in [0.717, 1.165) is 56.5 Å². The highest BCUT2D eigenvalue weighted by Gasteiger charge is 2.21. The number of aliphatic hydroxyl groups excluding tert-OH is 2. The molecule has 1 saturated heterocycles. The molecule has 2 aromatic rings. The van der Waals surface area contributed by atoms with E-state index in [4.69, 9.17) is 5.11 Å². The smallest absolute Gasteiger partial charge is 0.225 e. The molecule has 0 amide bonds. The third-order valence-electron chi connectivity index (χ3n) is 5.15. The fraction of sp³-hybridized carbons (Fsp3) is 0.611. The van der Waals surface area contributed by atoms with E-state index >= 15 is 0 Å². The molecule has 2 N–H and O–H groups in total. The van der Waals surface area contributed by atoms with Crippen molar-refractivity contribution in [2.45, 2.75) is 45.0 Å².